The molecule has 1 aliphatic rings. The summed E-state index contributed by atoms with van der Waals surface area (Å²) in [6.45, 7) is 5.58. The van der Waals surface area contributed by atoms with E-state index < -0.39 is 29.7 Å². The number of piperidine rings is 1. The third-order valence-corrected chi connectivity index (χ3v) is 4.64. The van der Waals surface area contributed by atoms with E-state index in [9.17, 15) is 13.6 Å². The minimum atomic E-state index is -1.31. The predicted octanol–water partition coefficient (Wildman–Crippen LogP) is 3.39. The maximum absolute atomic E-state index is 14.5. The standard InChI is InChI=1S/C16H20BrF2N5O2/c1-16(2,3)26-15(25)23-5-4-12(11(19)8-23)21-14-20-7-9-6-10(18)13(17)24(9)22-14/h6-7,11-12H,4-5,8H2,1-3H3,(H,21,22)/t11-,12-/m1/s1. The van der Waals surface area contributed by atoms with Crippen molar-refractivity contribution in [3.05, 3.63) is 22.7 Å². The molecule has 3 rings (SSSR count). The van der Waals surface area contributed by atoms with Crippen molar-refractivity contribution in [3.8, 4) is 0 Å². The molecule has 1 saturated heterocycles. The second kappa shape index (κ2) is 6.98. The number of ether oxygens (including phenoxy) is 1. The molecule has 2 atom stereocenters. The molecule has 1 aliphatic heterocycles. The van der Waals surface area contributed by atoms with E-state index in [0.29, 0.717) is 18.5 Å². The van der Waals surface area contributed by atoms with E-state index in [0.717, 1.165) is 0 Å². The van der Waals surface area contributed by atoms with Crippen LogP contribution in [0, 0.1) is 5.82 Å². The van der Waals surface area contributed by atoms with Crippen LogP contribution in [0.3, 0.4) is 0 Å². The molecule has 7 nitrogen and oxygen atoms in total. The second-order valence-electron chi connectivity index (χ2n) is 7.18. The lowest BCUT2D eigenvalue weighted by Crippen LogP contribution is -2.51. The number of amides is 1. The van der Waals surface area contributed by atoms with Crippen molar-refractivity contribution in [2.24, 2.45) is 0 Å². The number of carbonyl (C=O) groups is 1. The Bertz CT molecular complexity index is 823. The highest BCUT2D eigenvalue weighted by molar-refractivity contribution is 9.10. The van der Waals surface area contributed by atoms with Crippen molar-refractivity contribution >= 4 is 33.5 Å². The number of alkyl halides is 1. The zero-order valence-corrected chi connectivity index (χ0v) is 16.3. The number of halogens is 3. The first-order valence-corrected chi connectivity index (χ1v) is 9.01. The van der Waals surface area contributed by atoms with Crippen molar-refractivity contribution in [2.75, 3.05) is 18.4 Å². The van der Waals surface area contributed by atoms with Gasteiger partial charge < -0.3 is 15.0 Å². The molecule has 0 aromatic carbocycles. The van der Waals surface area contributed by atoms with Gasteiger partial charge >= 0.3 is 6.09 Å². The summed E-state index contributed by atoms with van der Waals surface area (Å²) >= 11 is 3.11. The van der Waals surface area contributed by atoms with E-state index in [2.05, 4.69) is 31.3 Å². The molecule has 0 unspecified atom stereocenters. The van der Waals surface area contributed by atoms with Crippen LogP contribution in [-0.2, 0) is 4.74 Å². The summed E-state index contributed by atoms with van der Waals surface area (Å²) in [4.78, 5) is 17.5. The van der Waals surface area contributed by atoms with Crippen LogP contribution >= 0.6 is 15.9 Å². The number of aromatic nitrogens is 3. The van der Waals surface area contributed by atoms with Crippen molar-refractivity contribution in [3.63, 3.8) is 0 Å². The van der Waals surface area contributed by atoms with Crippen LogP contribution in [0.15, 0.2) is 16.9 Å². The Balaban J connectivity index is 1.65. The monoisotopic (exact) mass is 431 g/mol. The summed E-state index contributed by atoms with van der Waals surface area (Å²) in [5.74, 6) is -0.266. The summed E-state index contributed by atoms with van der Waals surface area (Å²) in [7, 11) is 0. The normalized spacial score (nSPS) is 21.1. The Morgan fingerprint density at radius 2 is 2.19 bits per heavy atom. The molecule has 1 amide bonds. The van der Waals surface area contributed by atoms with E-state index in [1.807, 2.05) is 0 Å². The fourth-order valence-corrected chi connectivity index (χ4v) is 3.10. The minimum Gasteiger partial charge on any atom is -0.444 e. The highest BCUT2D eigenvalue weighted by Crippen LogP contribution is 2.22. The molecule has 0 spiro atoms. The maximum Gasteiger partial charge on any atom is 0.410 e. The molecular formula is C16H20BrF2N5O2. The van der Waals surface area contributed by atoms with Crippen LogP contribution in [0.1, 0.15) is 27.2 Å². The first kappa shape index (κ1) is 18.8. The number of hydrogen-bond donors (Lipinski definition) is 1. The number of carbonyl (C=O) groups excluding carboxylic acids is 1. The van der Waals surface area contributed by atoms with Gasteiger partial charge in [0.2, 0.25) is 5.95 Å². The van der Waals surface area contributed by atoms with Gasteiger partial charge in [-0.3, -0.25) is 0 Å². The zero-order chi connectivity index (χ0) is 19.1. The fraction of sp³-hybridized carbons (Fsp3) is 0.562. The summed E-state index contributed by atoms with van der Waals surface area (Å²) in [6.07, 6.45) is -0.00154. The van der Waals surface area contributed by atoms with Gasteiger partial charge in [0, 0.05) is 12.6 Å². The Morgan fingerprint density at radius 1 is 1.46 bits per heavy atom. The van der Waals surface area contributed by atoms with Crippen LogP contribution in [0.4, 0.5) is 19.5 Å². The van der Waals surface area contributed by atoms with E-state index in [-0.39, 0.29) is 17.1 Å². The third-order valence-electron chi connectivity index (χ3n) is 3.92. The summed E-state index contributed by atoms with van der Waals surface area (Å²) in [5, 5.41) is 7.09. The number of likely N-dealkylation sites (tertiary alicyclic amines) is 1. The Hall–Kier alpha value is -1.97. The molecule has 26 heavy (non-hydrogen) atoms. The molecule has 0 saturated carbocycles. The van der Waals surface area contributed by atoms with Gasteiger partial charge in [0.05, 0.1) is 24.3 Å². The van der Waals surface area contributed by atoms with Crippen molar-refractivity contribution < 1.29 is 18.3 Å². The second-order valence-corrected chi connectivity index (χ2v) is 7.93. The number of anilines is 1. The van der Waals surface area contributed by atoms with Gasteiger partial charge in [-0.25, -0.2) is 23.1 Å². The van der Waals surface area contributed by atoms with Crippen molar-refractivity contribution in [2.45, 2.75) is 45.0 Å². The largest absolute Gasteiger partial charge is 0.444 e. The van der Waals surface area contributed by atoms with Crippen molar-refractivity contribution in [1.29, 1.82) is 0 Å². The first-order valence-electron chi connectivity index (χ1n) is 8.22. The maximum atomic E-state index is 14.5. The van der Waals surface area contributed by atoms with Crippen LogP contribution in [0.5, 0.6) is 0 Å². The number of fused-ring (bicyclic) bond motifs is 1. The predicted molar refractivity (Wildman–Crippen MR) is 95.4 cm³/mol. The lowest BCUT2D eigenvalue weighted by molar-refractivity contribution is 0.0125. The van der Waals surface area contributed by atoms with Crippen LogP contribution < -0.4 is 5.32 Å². The smallest absolute Gasteiger partial charge is 0.410 e. The van der Waals surface area contributed by atoms with Gasteiger partial charge in [0.15, 0.2) is 5.82 Å². The fourth-order valence-electron chi connectivity index (χ4n) is 2.70. The molecular weight excluding hydrogens is 412 g/mol. The Morgan fingerprint density at radius 3 is 2.85 bits per heavy atom. The van der Waals surface area contributed by atoms with E-state index >= 15 is 0 Å². The molecule has 1 fully saturated rings. The number of nitrogens with one attached hydrogen (secondary N) is 1. The number of rotatable bonds is 2. The highest BCUT2D eigenvalue weighted by Gasteiger charge is 2.34. The SMILES string of the molecule is CC(C)(C)OC(=O)N1CC[C@@H](Nc2ncc3cc(F)c(Br)n3n2)[C@H](F)C1. The lowest BCUT2D eigenvalue weighted by atomic mass is 10.0. The van der Waals surface area contributed by atoms with E-state index in [4.69, 9.17) is 4.74 Å². The average molecular weight is 432 g/mol. The zero-order valence-electron chi connectivity index (χ0n) is 14.7. The summed E-state index contributed by atoms with van der Waals surface area (Å²) in [6, 6.07) is 0.746. The first-order chi connectivity index (χ1) is 12.1. The van der Waals surface area contributed by atoms with Crippen LogP contribution in [0.2, 0.25) is 0 Å². The highest BCUT2D eigenvalue weighted by atomic mass is 79.9. The van der Waals surface area contributed by atoms with Crippen LogP contribution in [-0.4, -0.2) is 56.5 Å². The molecule has 3 heterocycles. The number of hydrogen-bond acceptors (Lipinski definition) is 5. The molecule has 142 valence electrons. The molecule has 2 aromatic heterocycles. The molecule has 0 aliphatic carbocycles. The summed E-state index contributed by atoms with van der Waals surface area (Å²) < 4.78 is 34.9. The number of nitrogens with zero attached hydrogens (tertiary/aromatic N) is 4. The van der Waals surface area contributed by atoms with Gasteiger partial charge in [-0.05, 0) is 43.1 Å². The minimum absolute atomic E-state index is 0.0728. The van der Waals surface area contributed by atoms with Gasteiger partial charge in [0.25, 0.3) is 0 Å². The molecule has 0 bridgehead atoms. The molecule has 0 radical (unpaired) electrons. The van der Waals surface area contributed by atoms with Gasteiger partial charge in [0.1, 0.15) is 16.4 Å². The molecule has 2 aromatic rings. The summed E-state index contributed by atoms with van der Waals surface area (Å²) in [5.41, 5.74) is -0.141. The van der Waals surface area contributed by atoms with Gasteiger partial charge in [-0.2, -0.15) is 0 Å². The van der Waals surface area contributed by atoms with Crippen molar-refractivity contribution in [1.82, 2.24) is 19.5 Å². The quantitative estimate of drug-likeness (QED) is 0.788. The molecule has 1 N–H and O–H groups in total. The van der Waals surface area contributed by atoms with Gasteiger partial charge in [-0.1, -0.05) is 0 Å². The average Bonchev–Trinajstić information content (AvgIpc) is 2.82. The lowest BCUT2D eigenvalue weighted by Gasteiger charge is -2.35. The van der Waals surface area contributed by atoms with Gasteiger partial charge in [-0.15, -0.1) is 5.10 Å². The molecule has 10 heteroatoms. The van der Waals surface area contributed by atoms with E-state index in [1.54, 1.807) is 20.8 Å². The topological polar surface area (TPSA) is 71.8 Å². The third kappa shape index (κ3) is 4.05. The Labute approximate surface area is 157 Å². The Kier molecular flexibility index (Phi) is 5.05. The van der Waals surface area contributed by atoms with E-state index in [1.165, 1.54) is 21.7 Å². The van der Waals surface area contributed by atoms with Crippen LogP contribution in [0.25, 0.3) is 5.52 Å².